The van der Waals surface area contributed by atoms with Crippen molar-refractivity contribution in [3.8, 4) is 0 Å². The van der Waals surface area contributed by atoms with Crippen molar-refractivity contribution >= 4 is 29.5 Å². The highest BCUT2D eigenvalue weighted by Crippen LogP contribution is 2.72. The first-order valence-corrected chi connectivity index (χ1v) is 14.2. The second kappa shape index (κ2) is 11.3. The summed E-state index contributed by atoms with van der Waals surface area (Å²) in [5.41, 5.74) is 0. The van der Waals surface area contributed by atoms with E-state index in [0.29, 0.717) is 13.0 Å². The molecule has 3 aliphatic rings. The highest BCUT2D eigenvalue weighted by molar-refractivity contribution is 8.02. The number of likely N-dealkylation sites (tertiary alicyclic amines) is 1. The minimum Gasteiger partial charge on any atom is -0.461 e. The van der Waals surface area contributed by atoms with Gasteiger partial charge in [0.15, 0.2) is 0 Å². The molecule has 1 spiro atoms. The Bertz CT molecular complexity index is 880. The van der Waals surface area contributed by atoms with Crippen LogP contribution in [0.3, 0.4) is 0 Å². The SMILES string of the molecule is C=CCOC(=O)[C@H]1[C@H]2C(=O)N([C@@H](CO)[C@@H](C)CC)C(C(=O)N(CC=C)C(C)CCC)C23CC[C@]1(C)S3. The smallest absolute Gasteiger partial charge is 0.311 e. The topological polar surface area (TPSA) is 87.1 Å². The first-order valence-electron chi connectivity index (χ1n) is 13.4. The first kappa shape index (κ1) is 28.8. The van der Waals surface area contributed by atoms with Crippen LogP contribution in [-0.4, -0.2) is 80.1 Å². The summed E-state index contributed by atoms with van der Waals surface area (Å²) in [5.74, 6) is -2.01. The molecule has 8 heteroatoms. The van der Waals surface area contributed by atoms with Crippen molar-refractivity contribution < 1.29 is 24.2 Å². The molecule has 0 radical (unpaired) electrons. The number of esters is 1. The molecule has 3 aliphatic heterocycles. The predicted molar refractivity (Wildman–Crippen MR) is 143 cm³/mol. The van der Waals surface area contributed by atoms with Crippen LogP contribution >= 0.6 is 11.8 Å². The maximum Gasteiger partial charge on any atom is 0.311 e. The monoisotopic (exact) mass is 520 g/mol. The van der Waals surface area contributed by atoms with Crippen LogP contribution in [-0.2, 0) is 19.1 Å². The van der Waals surface area contributed by atoms with Crippen molar-refractivity contribution in [1.82, 2.24) is 9.80 Å². The average molecular weight is 521 g/mol. The van der Waals surface area contributed by atoms with Gasteiger partial charge in [-0.1, -0.05) is 52.3 Å². The first-order chi connectivity index (χ1) is 17.1. The fraction of sp³-hybridized carbons (Fsp3) is 0.750. The van der Waals surface area contributed by atoms with Crippen LogP contribution in [0.5, 0.6) is 0 Å². The lowest BCUT2D eigenvalue weighted by Crippen LogP contribution is -2.59. The third kappa shape index (κ3) is 4.53. The largest absolute Gasteiger partial charge is 0.461 e. The Morgan fingerprint density at radius 2 is 1.97 bits per heavy atom. The number of nitrogens with zero attached hydrogens (tertiary/aromatic N) is 2. The lowest BCUT2D eigenvalue weighted by Gasteiger charge is -2.42. The molecular formula is C28H44N2O5S. The molecule has 3 fully saturated rings. The Balaban J connectivity index is 2.15. The molecule has 3 rings (SSSR count). The highest BCUT2D eigenvalue weighted by Gasteiger charge is 2.78. The molecule has 2 bridgehead atoms. The Morgan fingerprint density at radius 3 is 2.53 bits per heavy atom. The van der Waals surface area contributed by atoms with E-state index in [1.165, 1.54) is 6.08 Å². The molecule has 3 heterocycles. The number of amides is 2. The number of fused-ring (bicyclic) bond motifs is 1. The second-order valence-electron chi connectivity index (χ2n) is 10.9. The number of hydrogen-bond donors (Lipinski definition) is 1. The van der Waals surface area contributed by atoms with E-state index >= 15 is 0 Å². The van der Waals surface area contributed by atoms with Gasteiger partial charge in [-0.3, -0.25) is 14.4 Å². The van der Waals surface area contributed by atoms with Gasteiger partial charge in [0, 0.05) is 17.3 Å². The third-order valence-electron chi connectivity index (χ3n) is 8.74. The maximum absolute atomic E-state index is 14.5. The Morgan fingerprint density at radius 1 is 1.28 bits per heavy atom. The zero-order valence-corrected chi connectivity index (χ0v) is 23.4. The van der Waals surface area contributed by atoms with Gasteiger partial charge in [-0.2, -0.15) is 0 Å². The quantitative estimate of drug-likeness (QED) is 0.294. The summed E-state index contributed by atoms with van der Waals surface area (Å²) < 4.78 is 4.28. The molecular weight excluding hydrogens is 476 g/mol. The van der Waals surface area contributed by atoms with Crippen molar-refractivity contribution in [3.63, 3.8) is 0 Å². The Kier molecular flexibility index (Phi) is 9.03. The van der Waals surface area contributed by atoms with E-state index < -0.39 is 39.4 Å². The molecule has 8 atom stereocenters. The van der Waals surface area contributed by atoms with Crippen molar-refractivity contribution in [2.45, 2.75) is 94.3 Å². The van der Waals surface area contributed by atoms with Crippen LogP contribution < -0.4 is 0 Å². The van der Waals surface area contributed by atoms with Crippen LogP contribution in [0.25, 0.3) is 0 Å². The molecule has 3 saturated heterocycles. The van der Waals surface area contributed by atoms with Gasteiger partial charge in [-0.15, -0.1) is 18.3 Å². The molecule has 7 nitrogen and oxygen atoms in total. The lowest BCUT2D eigenvalue weighted by molar-refractivity contribution is -0.155. The van der Waals surface area contributed by atoms with Gasteiger partial charge in [-0.05, 0) is 39.0 Å². The molecule has 1 N–H and O–H groups in total. The minimum atomic E-state index is -0.746. The zero-order chi connectivity index (χ0) is 26.8. The highest BCUT2D eigenvalue weighted by atomic mass is 32.2. The lowest BCUT2D eigenvalue weighted by atomic mass is 9.66. The number of carbonyl (C=O) groups excluding carboxylic acids is 3. The summed E-state index contributed by atoms with van der Waals surface area (Å²) >= 11 is 1.63. The maximum atomic E-state index is 14.5. The summed E-state index contributed by atoms with van der Waals surface area (Å²) in [6, 6.07) is -1.26. The van der Waals surface area contributed by atoms with Gasteiger partial charge in [0.1, 0.15) is 12.6 Å². The Hall–Kier alpha value is -1.80. The minimum absolute atomic E-state index is 0.00523. The molecule has 3 unspecified atom stereocenters. The number of aliphatic hydroxyl groups is 1. The number of rotatable bonds is 13. The number of ether oxygens (including phenoxy) is 1. The van der Waals surface area contributed by atoms with E-state index in [-0.39, 0.29) is 37.0 Å². The average Bonchev–Trinajstić information content (AvgIpc) is 3.42. The van der Waals surface area contributed by atoms with Crippen molar-refractivity contribution in [1.29, 1.82) is 0 Å². The van der Waals surface area contributed by atoms with Crippen molar-refractivity contribution in [2.75, 3.05) is 19.8 Å². The third-order valence-corrected chi connectivity index (χ3v) is 10.7. The standard InChI is InChI=1S/C28H44N2O5S/c1-8-12-19(6)29(15-9-2)25(33)23-28-14-13-27(7,36-28)22(26(34)35-16-10-3)21(28)24(32)30(23)20(17-31)18(5)11-4/h9-10,18-23,31H,2-3,8,11-17H2,1,4-7H3/t18-,19?,20-,21-,22+,23?,27-,28?/m0/s1. The van der Waals surface area contributed by atoms with Crippen LogP contribution in [0.1, 0.15) is 66.7 Å². The fourth-order valence-electron chi connectivity index (χ4n) is 6.76. The molecule has 0 aromatic rings. The predicted octanol–water partition coefficient (Wildman–Crippen LogP) is 3.81. The summed E-state index contributed by atoms with van der Waals surface area (Å²) in [6.07, 6.45) is 7.18. The number of thioether (sulfide) groups is 1. The van der Waals surface area contributed by atoms with Crippen LogP contribution in [0, 0.1) is 17.8 Å². The summed E-state index contributed by atoms with van der Waals surface area (Å²) in [7, 11) is 0. The molecule has 36 heavy (non-hydrogen) atoms. The zero-order valence-electron chi connectivity index (χ0n) is 22.6. The number of carbonyl (C=O) groups is 3. The Labute approximate surface area is 220 Å². The molecule has 2 amide bonds. The number of hydrogen-bond acceptors (Lipinski definition) is 6. The van der Waals surface area contributed by atoms with E-state index in [1.807, 2.05) is 32.6 Å². The van der Waals surface area contributed by atoms with Crippen LogP contribution in [0.2, 0.25) is 0 Å². The molecule has 202 valence electrons. The van der Waals surface area contributed by atoms with Gasteiger partial charge >= 0.3 is 5.97 Å². The van der Waals surface area contributed by atoms with Crippen LogP contribution in [0.15, 0.2) is 25.3 Å². The van der Waals surface area contributed by atoms with Crippen LogP contribution in [0.4, 0.5) is 0 Å². The molecule has 0 aliphatic carbocycles. The van der Waals surface area contributed by atoms with E-state index in [1.54, 1.807) is 22.7 Å². The molecule has 0 aromatic carbocycles. The fourth-order valence-corrected chi connectivity index (χ4v) is 9.09. The molecule has 0 aromatic heterocycles. The van der Waals surface area contributed by atoms with E-state index in [2.05, 4.69) is 20.1 Å². The molecule has 0 saturated carbocycles. The van der Waals surface area contributed by atoms with E-state index in [4.69, 9.17) is 4.74 Å². The van der Waals surface area contributed by atoms with Gasteiger partial charge < -0.3 is 19.6 Å². The van der Waals surface area contributed by atoms with Gasteiger partial charge in [0.25, 0.3) is 0 Å². The van der Waals surface area contributed by atoms with Crippen molar-refractivity contribution in [2.24, 2.45) is 17.8 Å². The van der Waals surface area contributed by atoms with E-state index in [9.17, 15) is 19.5 Å². The summed E-state index contributed by atoms with van der Waals surface area (Å²) in [4.78, 5) is 45.6. The second-order valence-corrected chi connectivity index (χ2v) is 12.8. The van der Waals surface area contributed by atoms with Crippen molar-refractivity contribution in [3.05, 3.63) is 25.3 Å². The van der Waals surface area contributed by atoms with Gasteiger partial charge in [0.05, 0.1) is 29.2 Å². The number of aliphatic hydroxyl groups excluding tert-OH is 1. The van der Waals surface area contributed by atoms with E-state index in [0.717, 1.165) is 25.7 Å². The normalized spacial score (nSPS) is 33.1. The van der Waals surface area contributed by atoms with Gasteiger partial charge in [-0.25, -0.2) is 0 Å². The summed E-state index contributed by atoms with van der Waals surface area (Å²) in [5, 5.41) is 10.5. The van der Waals surface area contributed by atoms with Gasteiger partial charge in [0.2, 0.25) is 11.8 Å². The summed E-state index contributed by atoms with van der Waals surface area (Å²) in [6.45, 7) is 17.9.